The molecule has 92 valence electrons. The van der Waals surface area contributed by atoms with Gasteiger partial charge < -0.3 is 5.73 Å². The highest BCUT2D eigenvalue weighted by Gasteiger charge is 2.14. The van der Waals surface area contributed by atoms with E-state index < -0.39 is 0 Å². The number of aryl methyl sites for hydroxylation is 2. The van der Waals surface area contributed by atoms with Crippen molar-refractivity contribution in [3.05, 3.63) is 41.2 Å². The summed E-state index contributed by atoms with van der Waals surface area (Å²) < 4.78 is 2.07. The molecule has 4 heteroatoms. The molecule has 1 unspecified atom stereocenters. The van der Waals surface area contributed by atoms with Gasteiger partial charge in [-0.05, 0) is 38.0 Å². The quantitative estimate of drug-likeness (QED) is 0.711. The van der Waals surface area contributed by atoms with Crippen LogP contribution in [0.2, 0.25) is 0 Å². The Kier molecular flexibility index (Phi) is 2.35. The molecule has 0 aliphatic heterocycles. The van der Waals surface area contributed by atoms with Crippen molar-refractivity contribution in [3.63, 3.8) is 0 Å². The second-order valence-corrected chi connectivity index (χ2v) is 4.84. The number of nitrogens with two attached hydrogens (primary N) is 1. The Hall–Kier alpha value is -1.94. The number of para-hydroxylation sites is 1. The molecule has 2 N–H and O–H groups in total. The zero-order valence-corrected chi connectivity index (χ0v) is 10.8. The Bertz CT molecular complexity index is 740. The van der Waals surface area contributed by atoms with Crippen molar-refractivity contribution in [1.82, 2.24) is 14.6 Å². The lowest BCUT2D eigenvalue weighted by Crippen LogP contribution is -2.10. The SMILES string of the molecule is Cc1cc2nnc(C(C)N)n2c2c(C)cccc12. The molecule has 3 aromatic rings. The Balaban J connectivity index is 2.60. The number of hydrogen-bond donors (Lipinski definition) is 1. The van der Waals surface area contributed by atoms with Crippen LogP contribution in [-0.4, -0.2) is 14.6 Å². The van der Waals surface area contributed by atoms with E-state index in [1.54, 1.807) is 0 Å². The van der Waals surface area contributed by atoms with Gasteiger partial charge in [0.1, 0.15) is 0 Å². The summed E-state index contributed by atoms with van der Waals surface area (Å²) in [5.74, 6) is 0.810. The van der Waals surface area contributed by atoms with Gasteiger partial charge in [0.15, 0.2) is 11.5 Å². The molecule has 1 atom stereocenters. The van der Waals surface area contributed by atoms with Crippen LogP contribution in [0.3, 0.4) is 0 Å². The molecule has 1 aromatic carbocycles. The first-order valence-corrected chi connectivity index (χ1v) is 6.09. The predicted molar refractivity (Wildman–Crippen MR) is 72.6 cm³/mol. The van der Waals surface area contributed by atoms with E-state index in [1.807, 2.05) is 6.92 Å². The fourth-order valence-electron chi connectivity index (χ4n) is 2.47. The number of pyridine rings is 1. The van der Waals surface area contributed by atoms with Gasteiger partial charge in [-0.15, -0.1) is 10.2 Å². The second kappa shape index (κ2) is 3.78. The molecule has 3 rings (SSSR count). The van der Waals surface area contributed by atoms with Crippen LogP contribution in [0.25, 0.3) is 16.6 Å². The topological polar surface area (TPSA) is 56.2 Å². The third kappa shape index (κ3) is 1.42. The molecule has 0 saturated heterocycles. The molecule has 0 spiro atoms. The Morgan fingerprint density at radius 3 is 2.67 bits per heavy atom. The van der Waals surface area contributed by atoms with Gasteiger partial charge in [-0.25, -0.2) is 0 Å². The highest BCUT2D eigenvalue weighted by atomic mass is 15.3. The van der Waals surface area contributed by atoms with E-state index >= 15 is 0 Å². The fourth-order valence-corrected chi connectivity index (χ4v) is 2.47. The second-order valence-electron chi connectivity index (χ2n) is 4.84. The highest BCUT2D eigenvalue weighted by Crippen LogP contribution is 2.25. The first-order valence-electron chi connectivity index (χ1n) is 6.09. The average molecular weight is 240 g/mol. The van der Waals surface area contributed by atoms with E-state index in [-0.39, 0.29) is 6.04 Å². The number of hydrogen-bond acceptors (Lipinski definition) is 3. The van der Waals surface area contributed by atoms with Crippen LogP contribution in [0.15, 0.2) is 24.3 Å². The molecule has 0 fully saturated rings. The zero-order valence-electron chi connectivity index (χ0n) is 10.8. The molecule has 0 aliphatic rings. The Morgan fingerprint density at radius 1 is 1.17 bits per heavy atom. The van der Waals surface area contributed by atoms with Crippen molar-refractivity contribution in [2.75, 3.05) is 0 Å². The lowest BCUT2D eigenvalue weighted by Gasteiger charge is -2.11. The normalized spacial score (nSPS) is 13.3. The molecule has 4 nitrogen and oxygen atoms in total. The zero-order chi connectivity index (χ0) is 12.9. The standard InChI is InChI=1S/C14H16N4/c1-8-5-4-6-11-9(2)7-12-16-17-14(10(3)15)18(12)13(8)11/h4-7,10H,15H2,1-3H3. The highest BCUT2D eigenvalue weighted by molar-refractivity contribution is 5.88. The molecule has 0 aliphatic carbocycles. The maximum absolute atomic E-state index is 5.98. The third-order valence-electron chi connectivity index (χ3n) is 3.35. The van der Waals surface area contributed by atoms with Gasteiger partial charge in [-0.1, -0.05) is 18.2 Å². The predicted octanol–water partition coefficient (Wildman–Crippen LogP) is 2.52. The average Bonchev–Trinajstić information content (AvgIpc) is 2.73. The lowest BCUT2D eigenvalue weighted by molar-refractivity contribution is 0.732. The molecule has 0 bridgehead atoms. The van der Waals surface area contributed by atoms with E-state index in [0.29, 0.717) is 0 Å². The maximum Gasteiger partial charge on any atom is 0.161 e. The van der Waals surface area contributed by atoms with Crippen LogP contribution in [-0.2, 0) is 0 Å². The number of benzene rings is 1. The van der Waals surface area contributed by atoms with Crippen molar-refractivity contribution >= 4 is 16.6 Å². The number of rotatable bonds is 1. The van der Waals surface area contributed by atoms with E-state index in [4.69, 9.17) is 5.73 Å². The van der Waals surface area contributed by atoms with E-state index in [2.05, 4.69) is 52.7 Å². The van der Waals surface area contributed by atoms with E-state index in [1.165, 1.54) is 16.5 Å². The summed E-state index contributed by atoms with van der Waals surface area (Å²) in [5.41, 5.74) is 10.4. The van der Waals surface area contributed by atoms with Crippen molar-refractivity contribution in [2.45, 2.75) is 26.8 Å². The smallest absolute Gasteiger partial charge is 0.161 e. The van der Waals surface area contributed by atoms with E-state index in [0.717, 1.165) is 17.0 Å². The van der Waals surface area contributed by atoms with Crippen molar-refractivity contribution in [2.24, 2.45) is 5.73 Å². The van der Waals surface area contributed by atoms with Crippen LogP contribution in [0.1, 0.15) is 29.9 Å². The van der Waals surface area contributed by atoms with Crippen LogP contribution in [0, 0.1) is 13.8 Å². The molecule has 2 aromatic heterocycles. The number of nitrogens with zero attached hydrogens (tertiary/aromatic N) is 3. The first-order chi connectivity index (χ1) is 8.59. The monoisotopic (exact) mass is 240 g/mol. The van der Waals surface area contributed by atoms with Gasteiger partial charge in [-0.2, -0.15) is 0 Å². The van der Waals surface area contributed by atoms with E-state index in [9.17, 15) is 0 Å². The summed E-state index contributed by atoms with van der Waals surface area (Å²) in [5, 5.41) is 9.67. The molecule has 0 amide bonds. The van der Waals surface area contributed by atoms with Gasteiger partial charge in [0.2, 0.25) is 0 Å². The Labute approximate surface area is 105 Å². The largest absolute Gasteiger partial charge is 0.322 e. The lowest BCUT2D eigenvalue weighted by atomic mass is 10.1. The van der Waals surface area contributed by atoms with Crippen LogP contribution in [0.4, 0.5) is 0 Å². The van der Waals surface area contributed by atoms with Gasteiger partial charge >= 0.3 is 0 Å². The van der Waals surface area contributed by atoms with Crippen LogP contribution < -0.4 is 5.73 Å². The van der Waals surface area contributed by atoms with Crippen molar-refractivity contribution < 1.29 is 0 Å². The van der Waals surface area contributed by atoms with Gasteiger partial charge in [-0.3, -0.25) is 4.40 Å². The minimum atomic E-state index is -0.134. The third-order valence-corrected chi connectivity index (χ3v) is 3.35. The number of fused-ring (bicyclic) bond motifs is 3. The van der Waals surface area contributed by atoms with Gasteiger partial charge in [0.25, 0.3) is 0 Å². The summed E-state index contributed by atoms with van der Waals surface area (Å²) >= 11 is 0. The summed E-state index contributed by atoms with van der Waals surface area (Å²) in [6.07, 6.45) is 0. The molecule has 0 radical (unpaired) electrons. The molecule has 18 heavy (non-hydrogen) atoms. The molecular weight excluding hydrogens is 224 g/mol. The molecule has 2 heterocycles. The van der Waals surface area contributed by atoms with Gasteiger partial charge in [0, 0.05) is 5.39 Å². The van der Waals surface area contributed by atoms with Crippen molar-refractivity contribution in [1.29, 1.82) is 0 Å². The minimum absolute atomic E-state index is 0.134. The van der Waals surface area contributed by atoms with Crippen LogP contribution >= 0.6 is 0 Å². The van der Waals surface area contributed by atoms with Crippen LogP contribution in [0.5, 0.6) is 0 Å². The molecule has 0 saturated carbocycles. The summed E-state index contributed by atoms with van der Waals surface area (Å²) in [4.78, 5) is 0. The first kappa shape index (κ1) is 11.2. The fraction of sp³-hybridized carbons (Fsp3) is 0.286. The Morgan fingerprint density at radius 2 is 1.94 bits per heavy atom. The summed E-state index contributed by atoms with van der Waals surface area (Å²) in [7, 11) is 0. The van der Waals surface area contributed by atoms with Crippen molar-refractivity contribution in [3.8, 4) is 0 Å². The number of aromatic nitrogens is 3. The maximum atomic E-state index is 5.98. The van der Waals surface area contributed by atoms with Gasteiger partial charge in [0.05, 0.1) is 11.6 Å². The summed E-state index contributed by atoms with van der Waals surface area (Å²) in [6.45, 7) is 6.13. The summed E-state index contributed by atoms with van der Waals surface area (Å²) in [6, 6.07) is 8.23. The minimum Gasteiger partial charge on any atom is -0.322 e. The molecular formula is C14H16N4.